The van der Waals surface area contributed by atoms with Crippen LogP contribution in [0.2, 0.25) is 0 Å². The average Bonchev–Trinajstić information content (AvgIpc) is 2.67. The Bertz CT molecular complexity index is 759. The number of aliphatic hydroxyl groups is 1. The molecule has 0 fully saturated rings. The smallest absolute Gasteiger partial charge is 0.338 e. The van der Waals surface area contributed by atoms with Crippen LogP contribution in [0.15, 0.2) is 54.6 Å². The summed E-state index contributed by atoms with van der Waals surface area (Å²) < 4.78 is 5.04. The number of hydrogen-bond donors (Lipinski definition) is 3. The lowest BCUT2D eigenvalue weighted by molar-refractivity contribution is -0.127. The average molecular weight is 356 g/mol. The van der Waals surface area contributed by atoms with Crippen molar-refractivity contribution in [3.05, 3.63) is 71.3 Å². The van der Waals surface area contributed by atoms with Crippen LogP contribution >= 0.6 is 0 Å². The molecule has 0 radical (unpaired) electrons. The van der Waals surface area contributed by atoms with Crippen LogP contribution in [0.25, 0.3) is 0 Å². The van der Waals surface area contributed by atoms with Crippen LogP contribution in [0.4, 0.5) is 4.79 Å². The fraction of sp³-hybridized carbons (Fsp3) is 0.211. The van der Waals surface area contributed by atoms with Crippen molar-refractivity contribution in [2.75, 3.05) is 0 Å². The topological polar surface area (TPSA) is 105 Å². The zero-order chi connectivity index (χ0) is 18.9. The van der Waals surface area contributed by atoms with Gasteiger partial charge >= 0.3 is 12.0 Å². The molecule has 26 heavy (non-hydrogen) atoms. The minimum atomic E-state index is -1.14. The maximum atomic E-state index is 12.0. The number of rotatable bonds is 6. The molecule has 0 aromatic heterocycles. The summed E-state index contributed by atoms with van der Waals surface area (Å²) in [5.74, 6) is -1.42. The van der Waals surface area contributed by atoms with E-state index in [1.165, 1.54) is 19.1 Å². The molecule has 0 aliphatic heterocycles. The predicted molar refractivity (Wildman–Crippen MR) is 94.1 cm³/mol. The van der Waals surface area contributed by atoms with Gasteiger partial charge in [-0.1, -0.05) is 42.5 Å². The van der Waals surface area contributed by atoms with Crippen LogP contribution < -0.4 is 10.6 Å². The first-order valence-electron chi connectivity index (χ1n) is 8.03. The van der Waals surface area contributed by atoms with Gasteiger partial charge < -0.3 is 15.2 Å². The Labute approximate surface area is 151 Å². The Morgan fingerprint density at radius 2 is 1.65 bits per heavy atom. The van der Waals surface area contributed by atoms with E-state index < -0.39 is 24.0 Å². The molecule has 3 amide bonds. The Hall–Kier alpha value is -3.19. The monoisotopic (exact) mass is 356 g/mol. The van der Waals surface area contributed by atoms with Gasteiger partial charge in [0.25, 0.3) is 5.91 Å². The van der Waals surface area contributed by atoms with Gasteiger partial charge in [-0.2, -0.15) is 0 Å². The summed E-state index contributed by atoms with van der Waals surface area (Å²) in [6, 6.07) is 14.7. The number of amides is 3. The van der Waals surface area contributed by atoms with Crippen LogP contribution in [0.3, 0.4) is 0 Å². The minimum Gasteiger partial charge on any atom is -0.449 e. The highest BCUT2D eigenvalue weighted by molar-refractivity contribution is 5.98. The van der Waals surface area contributed by atoms with Gasteiger partial charge in [0.1, 0.15) is 0 Å². The summed E-state index contributed by atoms with van der Waals surface area (Å²) in [5, 5.41) is 13.7. The first-order valence-corrected chi connectivity index (χ1v) is 8.03. The molecule has 0 heterocycles. The number of imide groups is 1. The first kappa shape index (κ1) is 19.1. The lowest BCUT2D eigenvalue weighted by Crippen LogP contribution is -2.44. The van der Waals surface area contributed by atoms with E-state index in [1.54, 1.807) is 12.1 Å². The van der Waals surface area contributed by atoms with Crippen molar-refractivity contribution >= 4 is 17.9 Å². The second kappa shape index (κ2) is 9.33. The number of nitrogens with one attached hydrogen (secondary N) is 2. The fourth-order valence-corrected chi connectivity index (χ4v) is 2.06. The first-order chi connectivity index (χ1) is 12.5. The zero-order valence-corrected chi connectivity index (χ0v) is 14.3. The molecule has 2 aromatic carbocycles. The Morgan fingerprint density at radius 1 is 1.00 bits per heavy atom. The molecule has 136 valence electrons. The molecule has 0 saturated carbocycles. The largest absolute Gasteiger partial charge is 0.449 e. The molecule has 2 rings (SSSR count). The predicted octanol–water partition coefficient (Wildman–Crippen LogP) is 1.75. The van der Waals surface area contributed by atoms with Crippen molar-refractivity contribution in [3.8, 4) is 0 Å². The SMILES string of the molecule is C[C@H](OC(=O)c1ccc(CO)cc1)C(=O)NC(=O)NCc1ccccc1. The van der Waals surface area contributed by atoms with E-state index in [4.69, 9.17) is 9.84 Å². The molecular weight excluding hydrogens is 336 g/mol. The highest BCUT2D eigenvalue weighted by atomic mass is 16.5. The van der Waals surface area contributed by atoms with E-state index in [0.717, 1.165) is 5.56 Å². The van der Waals surface area contributed by atoms with Crippen molar-refractivity contribution in [1.82, 2.24) is 10.6 Å². The number of carbonyl (C=O) groups is 3. The number of benzene rings is 2. The number of carbonyl (C=O) groups excluding carboxylic acids is 3. The van der Waals surface area contributed by atoms with Gasteiger partial charge in [-0.3, -0.25) is 10.1 Å². The maximum Gasteiger partial charge on any atom is 0.338 e. The normalized spacial score (nSPS) is 11.3. The van der Waals surface area contributed by atoms with Gasteiger partial charge in [0.05, 0.1) is 12.2 Å². The molecule has 0 aliphatic rings. The number of esters is 1. The lowest BCUT2D eigenvalue weighted by atomic mass is 10.1. The Balaban J connectivity index is 1.80. The highest BCUT2D eigenvalue weighted by Gasteiger charge is 2.20. The molecule has 3 N–H and O–H groups in total. The van der Waals surface area contributed by atoms with E-state index in [-0.39, 0.29) is 18.7 Å². The number of ether oxygens (including phenoxy) is 1. The number of urea groups is 1. The summed E-state index contributed by atoms with van der Waals surface area (Å²) in [6.45, 7) is 1.51. The van der Waals surface area contributed by atoms with Crippen molar-refractivity contribution < 1.29 is 24.2 Å². The van der Waals surface area contributed by atoms with E-state index in [0.29, 0.717) is 5.56 Å². The van der Waals surface area contributed by atoms with E-state index in [2.05, 4.69) is 10.6 Å². The molecule has 0 bridgehead atoms. The van der Waals surface area contributed by atoms with Crippen molar-refractivity contribution in [1.29, 1.82) is 0 Å². The van der Waals surface area contributed by atoms with Gasteiger partial charge in [-0.15, -0.1) is 0 Å². The second-order valence-electron chi connectivity index (χ2n) is 5.56. The summed E-state index contributed by atoms with van der Waals surface area (Å²) in [7, 11) is 0. The highest BCUT2D eigenvalue weighted by Crippen LogP contribution is 2.07. The summed E-state index contributed by atoms with van der Waals surface area (Å²) >= 11 is 0. The quantitative estimate of drug-likeness (QED) is 0.684. The van der Waals surface area contributed by atoms with Gasteiger partial charge in [0.2, 0.25) is 0 Å². The van der Waals surface area contributed by atoms with Gasteiger partial charge in [-0.25, -0.2) is 9.59 Å². The summed E-state index contributed by atoms with van der Waals surface area (Å²) in [6.07, 6.45) is -1.14. The third-order valence-electron chi connectivity index (χ3n) is 3.56. The van der Waals surface area contributed by atoms with E-state index in [9.17, 15) is 14.4 Å². The molecule has 1 atom stereocenters. The molecule has 2 aromatic rings. The van der Waals surface area contributed by atoms with E-state index in [1.807, 2.05) is 30.3 Å². The molecule has 0 saturated heterocycles. The van der Waals surface area contributed by atoms with Gasteiger partial charge in [0, 0.05) is 6.54 Å². The standard InChI is InChI=1S/C19H20N2O5/c1-13(26-18(24)16-9-7-15(12-22)8-10-16)17(23)21-19(25)20-11-14-5-3-2-4-6-14/h2-10,13,22H,11-12H2,1H3,(H2,20,21,23,25)/t13-/m0/s1. The summed E-state index contributed by atoms with van der Waals surface area (Å²) in [4.78, 5) is 35.7. The second-order valence-corrected chi connectivity index (χ2v) is 5.56. The molecule has 7 nitrogen and oxygen atoms in total. The lowest BCUT2D eigenvalue weighted by Gasteiger charge is -2.13. The van der Waals surface area contributed by atoms with Crippen LogP contribution in [0.1, 0.15) is 28.4 Å². The van der Waals surface area contributed by atoms with Crippen LogP contribution in [0, 0.1) is 0 Å². The molecule has 7 heteroatoms. The van der Waals surface area contributed by atoms with Gasteiger partial charge in [-0.05, 0) is 30.2 Å². The number of aliphatic hydroxyl groups excluding tert-OH is 1. The molecule has 0 unspecified atom stereocenters. The van der Waals surface area contributed by atoms with Crippen LogP contribution in [-0.2, 0) is 22.7 Å². The fourth-order valence-electron chi connectivity index (χ4n) is 2.06. The number of hydrogen-bond acceptors (Lipinski definition) is 5. The van der Waals surface area contributed by atoms with Crippen molar-refractivity contribution in [2.24, 2.45) is 0 Å². The molecule has 0 spiro atoms. The van der Waals surface area contributed by atoms with Crippen molar-refractivity contribution in [2.45, 2.75) is 26.2 Å². The Kier molecular flexibility index (Phi) is 6.87. The molecule has 0 aliphatic carbocycles. The third kappa shape index (κ3) is 5.71. The Morgan fingerprint density at radius 3 is 2.27 bits per heavy atom. The van der Waals surface area contributed by atoms with E-state index >= 15 is 0 Å². The minimum absolute atomic E-state index is 0.133. The van der Waals surface area contributed by atoms with Crippen LogP contribution in [-0.4, -0.2) is 29.1 Å². The maximum absolute atomic E-state index is 12.0. The zero-order valence-electron chi connectivity index (χ0n) is 14.3. The van der Waals surface area contributed by atoms with Gasteiger partial charge in [0.15, 0.2) is 6.10 Å². The van der Waals surface area contributed by atoms with Crippen molar-refractivity contribution in [3.63, 3.8) is 0 Å². The summed E-state index contributed by atoms with van der Waals surface area (Å²) in [5.41, 5.74) is 1.79. The van der Waals surface area contributed by atoms with Crippen LogP contribution in [0.5, 0.6) is 0 Å². The third-order valence-corrected chi connectivity index (χ3v) is 3.56. The molecular formula is C19H20N2O5.